The highest BCUT2D eigenvalue weighted by Crippen LogP contribution is 2.66. The van der Waals surface area contributed by atoms with Crippen LogP contribution >= 0.6 is 0 Å². The van der Waals surface area contributed by atoms with Gasteiger partial charge in [0.2, 0.25) is 0 Å². The fraction of sp³-hybridized carbons (Fsp3) is 0.769. The van der Waals surface area contributed by atoms with Gasteiger partial charge < -0.3 is 14.2 Å². The summed E-state index contributed by atoms with van der Waals surface area (Å²) in [6.45, 7) is 1.54. The van der Waals surface area contributed by atoms with Gasteiger partial charge in [-0.25, -0.2) is 0 Å². The van der Waals surface area contributed by atoms with Crippen LogP contribution in [0.25, 0.3) is 0 Å². The molecule has 3 rings (SSSR count). The van der Waals surface area contributed by atoms with Crippen LogP contribution in [0.2, 0.25) is 0 Å². The first-order chi connectivity index (χ1) is 9.02. The predicted molar refractivity (Wildman–Crippen MR) is 60.8 cm³/mol. The first-order valence-electron chi connectivity index (χ1n) is 6.34. The van der Waals surface area contributed by atoms with E-state index in [0.717, 1.165) is 0 Å². The minimum atomic E-state index is -0.645. The van der Waals surface area contributed by atoms with Gasteiger partial charge in [0, 0.05) is 17.8 Å². The lowest BCUT2D eigenvalue weighted by molar-refractivity contribution is -0.158. The molecule has 1 saturated carbocycles. The molecule has 19 heavy (non-hydrogen) atoms. The second-order valence-corrected chi connectivity index (χ2v) is 5.45. The van der Waals surface area contributed by atoms with Gasteiger partial charge in [0.05, 0.1) is 38.3 Å². The van der Waals surface area contributed by atoms with Gasteiger partial charge in [-0.05, 0) is 6.92 Å². The summed E-state index contributed by atoms with van der Waals surface area (Å²) < 4.78 is 15.3. The van der Waals surface area contributed by atoms with Gasteiger partial charge in [0.25, 0.3) is 0 Å². The van der Waals surface area contributed by atoms with Crippen LogP contribution in [-0.4, -0.2) is 44.1 Å². The molecule has 7 atom stereocenters. The molecule has 3 aliphatic rings. The van der Waals surface area contributed by atoms with E-state index in [-0.39, 0.29) is 35.7 Å². The molecule has 0 aromatic rings. The quantitative estimate of drug-likeness (QED) is 0.659. The van der Waals surface area contributed by atoms with Gasteiger partial charge in [-0.3, -0.25) is 14.4 Å². The molecule has 2 heterocycles. The van der Waals surface area contributed by atoms with Crippen molar-refractivity contribution in [3.63, 3.8) is 0 Å². The van der Waals surface area contributed by atoms with Crippen molar-refractivity contribution >= 4 is 17.7 Å². The molecule has 0 amide bonds. The van der Waals surface area contributed by atoms with E-state index in [0.29, 0.717) is 0 Å². The number of carbonyl (C=O) groups is 3. The molecule has 0 N–H and O–H groups in total. The lowest BCUT2D eigenvalue weighted by Crippen LogP contribution is -2.40. The molecular weight excluding hydrogens is 252 g/mol. The van der Waals surface area contributed by atoms with Gasteiger partial charge in [-0.2, -0.15) is 0 Å². The minimum absolute atomic E-state index is 0.0625. The normalized spacial score (nSPS) is 45.5. The third-order valence-corrected chi connectivity index (χ3v) is 4.72. The van der Waals surface area contributed by atoms with Crippen LogP contribution in [0.5, 0.6) is 0 Å². The average Bonchev–Trinajstić information content (AvgIpc) is 2.92. The topological polar surface area (TPSA) is 78.9 Å². The van der Waals surface area contributed by atoms with Crippen molar-refractivity contribution in [2.75, 3.05) is 14.2 Å². The highest BCUT2D eigenvalue weighted by Gasteiger charge is 2.76. The van der Waals surface area contributed by atoms with E-state index < -0.39 is 23.8 Å². The van der Waals surface area contributed by atoms with Crippen molar-refractivity contribution in [3.05, 3.63) is 0 Å². The van der Waals surface area contributed by atoms with Crippen molar-refractivity contribution in [3.8, 4) is 0 Å². The molecule has 1 aliphatic carbocycles. The SMILES string of the molecule is COC(=O)[C@@H]1[C@@H]2O[C@H]([C@@H]1C(=O)OC)[C@H]1C(C(C)=O)[C@@H]21. The van der Waals surface area contributed by atoms with E-state index in [9.17, 15) is 14.4 Å². The summed E-state index contributed by atoms with van der Waals surface area (Å²) in [5.41, 5.74) is 0. The molecule has 2 aliphatic heterocycles. The number of hydrogen-bond acceptors (Lipinski definition) is 6. The standard InChI is InChI=1S/C13H16O6/c1-4(14)5-6-7(5)11-9(13(16)18-3)8(10(6)19-11)12(15)17-2/h5-11H,1-3H3/t5?,6-,7+,8+,9-,10-,11+. The Morgan fingerprint density at radius 3 is 1.58 bits per heavy atom. The van der Waals surface area contributed by atoms with Crippen LogP contribution in [0, 0.1) is 29.6 Å². The number of esters is 2. The smallest absolute Gasteiger partial charge is 0.312 e. The number of ether oxygens (including phenoxy) is 3. The van der Waals surface area contributed by atoms with Gasteiger partial charge in [-0.15, -0.1) is 0 Å². The van der Waals surface area contributed by atoms with Gasteiger partial charge in [0.1, 0.15) is 5.78 Å². The number of methoxy groups -OCH3 is 2. The Labute approximate surface area is 110 Å². The molecule has 6 nitrogen and oxygen atoms in total. The highest BCUT2D eigenvalue weighted by atomic mass is 16.6. The molecular formula is C13H16O6. The lowest BCUT2D eigenvalue weighted by atomic mass is 9.79. The maximum absolute atomic E-state index is 11.9. The summed E-state index contributed by atoms with van der Waals surface area (Å²) in [5.74, 6) is -2.07. The van der Waals surface area contributed by atoms with Crippen molar-refractivity contribution < 1.29 is 28.6 Å². The van der Waals surface area contributed by atoms with E-state index in [2.05, 4.69) is 0 Å². The number of hydrogen-bond donors (Lipinski definition) is 0. The largest absolute Gasteiger partial charge is 0.469 e. The molecule has 6 heteroatoms. The highest BCUT2D eigenvalue weighted by molar-refractivity contribution is 5.87. The van der Waals surface area contributed by atoms with Gasteiger partial charge in [-0.1, -0.05) is 0 Å². The van der Waals surface area contributed by atoms with E-state index in [1.807, 2.05) is 0 Å². The number of Topliss-reactive ketones (excluding diaryl/α,β-unsaturated/α-hetero) is 1. The van der Waals surface area contributed by atoms with E-state index in [1.165, 1.54) is 14.2 Å². The molecule has 104 valence electrons. The van der Waals surface area contributed by atoms with Crippen LogP contribution < -0.4 is 0 Å². The molecule has 1 unspecified atom stereocenters. The first-order valence-corrected chi connectivity index (χ1v) is 6.34. The second kappa shape index (κ2) is 4.03. The lowest BCUT2D eigenvalue weighted by Gasteiger charge is -2.23. The Kier molecular flexibility index (Phi) is 2.67. The third-order valence-electron chi connectivity index (χ3n) is 4.72. The van der Waals surface area contributed by atoms with E-state index in [4.69, 9.17) is 14.2 Å². The monoisotopic (exact) mass is 268 g/mol. The molecule has 3 fully saturated rings. The van der Waals surface area contributed by atoms with Crippen LogP contribution in [0.15, 0.2) is 0 Å². The summed E-state index contributed by atoms with van der Waals surface area (Å²) in [4.78, 5) is 35.3. The molecule has 0 aromatic carbocycles. The summed E-state index contributed by atoms with van der Waals surface area (Å²) in [6, 6.07) is 0. The molecule has 0 aromatic heterocycles. The van der Waals surface area contributed by atoms with Crippen molar-refractivity contribution in [2.24, 2.45) is 29.6 Å². The van der Waals surface area contributed by atoms with E-state index in [1.54, 1.807) is 6.92 Å². The maximum atomic E-state index is 11.9. The Morgan fingerprint density at radius 1 is 0.842 bits per heavy atom. The van der Waals surface area contributed by atoms with Crippen LogP contribution in [-0.2, 0) is 28.6 Å². The predicted octanol–water partition coefficient (Wildman–Crippen LogP) is -0.203. The molecule has 2 bridgehead atoms. The third kappa shape index (κ3) is 1.49. The van der Waals surface area contributed by atoms with Crippen molar-refractivity contribution in [1.29, 1.82) is 0 Å². The molecule has 0 spiro atoms. The molecule has 2 saturated heterocycles. The Balaban J connectivity index is 1.90. The fourth-order valence-electron chi connectivity index (χ4n) is 4.00. The fourth-order valence-corrected chi connectivity index (χ4v) is 4.00. The zero-order valence-electron chi connectivity index (χ0n) is 11.0. The molecule has 0 radical (unpaired) electrons. The van der Waals surface area contributed by atoms with Gasteiger partial charge in [0.15, 0.2) is 0 Å². The summed E-state index contributed by atoms with van der Waals surface area (Å²) in [5, 5.41) is 0. The minimum Gasteiger partial charge on any atom is -0.469 e. The van der Waals surface area contributed by atoms with Crippen molar-refractivity contribution in [1.82, 2.24) is 0 Å². The van der Waals surface area contributed by atoms with Crippen molar-refractivity contribution in [2.45, 2.75) is 19.1 Å². The first kappa shape index (κ1) is 12.6. The Morgan fingerprint density at radius 2 is 1.26 bits per heavy atom. The summed E-state index contributed by atoms with van der Waals surface area (Å²) in [7, 11) is 2.57. The number of rotatable bonds is 3. The van der Waals surface area contributed by atoms with Gasteiger partial charge >= 0.3 is 11.9 Å². The number of ketones is 1. The zero-order chi connectivity index (χ0) is 13.9. The average molecular weight is 268 g/mol. The Bertz CT molecular complexity index is 424. The van der Waals surface area contributed by atoms with E-state index >= 15 is 0 Å². The summed E-state index contributed by atoms with van der Waals surface area (Å²) >= 11 is 0. The van der Waals surface area contributed by atoms with Crippen LogP contribution in [0.4, 0.5) is 0 Å². The number of fused-ring (bicyclic) bond motifs is 5. The second-order valence-electron chi connectivity index (χ2n) is 5.45. The Hall–Kier alpha value is -1.43. The zero-order valence-corrected chi connectivity index (χ0v) is 11.0. The summed E-state index contributed by atoms with van der Waals surface area (Å²) in [6.07, 6.45) is -0.777. The maximum Gasteiger partial charge on any atom is 0.312 e. The van der Waals surface area contributed by atoms with Crippen LogP contribution in [0.3, 0.4) is 0 Å². The van der Waals surface area contributed by atoms with Crippen LogP contribution in [0.1, 0.15) is 6.92 Å². The number of carbonyl (C=O) groups excluding carboxylic acids is 3.